The van der Waals surface area contributed by atoms with Crippen molar-refractivity contribution >= 4 is 16.9 Å². The molecular formula is C25H32N4O. The molecule has 1 amide bonds. The highest BCUT2D eigenvalue weighted by Crippen LogP contribution is 2.25. The second-order valence-electron chi connectivity index (χ2n) is 8.70. The van der Waals surface area contributed by atoms with Gasteiger partial charge in [0.25, 0.3) is 0 Å². The predicted octanol–water partition coefficient (Wildman–Crippen LogP) is 4.71. The molecule has 0 saturated carbocycles. The van der Waals surface area contributed by atoms with E-state index in [1.165, 1.54) is 5.52 Å². The molecule has 4 rings (SSSR count). The van der Waals surface area contributed by atoms with Crippen LogP contribution in [0.5, 0.6) is 0 Å². The molecule has 0 aliphatic carbocycles. The first-order chi connectivity index (χ1) is 14.5. The standard InChI is InChI=1S/C25H32N4O/c1-18(2)29-23-14-8-7-13-22(23)27-24(29)17-28-15-9-12-21(16-28)25(30)26-19(3)20-10-5-4-6-11-20/h4-8,10-11,13-14,18-19,21H,9,12,15-17H2,1-3H3,(H,26,30)/t19-,21-/m0/s1. The molecule has 0 radical (unpaired) electrons. The van der Waals surface area contributed by atoms with Crippen molar-refractivity contribution in [2.24, 2.45) is 5.92 Å². The van der Waals surface area contributed by atoms with E-state index in [1.54, 1.807) is 0 Å². The maximum absolute atomic E-state index is 12.9. The molecular weight excluding hydrogens is 372 g/mol. The molecule has 1 aliphatic heterocycles. The summed E-state index contributed by atoms with van der Waals surface area (Å²) in [5, 5.41) is 3.21. The second kappa shape index (κ2) is 9.00. The number of hydrogen-bond acceptors (Lipinski definition) is 3. The largest absolute Gasteiger partial charge is 0.349 e. The summed E-state index contributed by atoms with van der Waals surface area (Å²) >= 11 is 0. The van der Waals surface area contributed by atoms with Gasteiger partial charge < -0.3 is 9.88 Å². The lowest BCUT2D eigenvalue weighted by atomic mass is 9.96. The quantitative estimate of drug-likeness (QED) is 0.647. The molecule has 0 bridgehead atoms. The number of benzene rings is 2. The van der Waals surface area contributed by atoms with Gasteiger partial charge >= 0.3 is 0 Å². The van der Waals surface area contributed by atoms with Crippen LogP contribution in [0, 0.1) is 5.92 Å². The van der Waals surface area contributed by atoms with Crippen LogP contribution in [-0.2, 0) is 11.3 Å². The minimum atomic E-state index is 0.0271. The van der Waals surface area contributed by atoms with Crippen LogP contribution in [-0.4, -0.2) is 33.4 Å². The van der Waals surface area contributed by atoms with E-state index in [9.17, 15) is 4.79 Å². The molecule has 1 fully saturated rings. The van der Waals surface area contributed by atoms with Gasteiger partial charge in [-0.25, -0.2) is 4.98 Å². The fourth-order valence-corrected chi connectivity index (χ4v) is 4.55. The summed E-state index contributed by atoms with van der Waals surface area (Å²) in [4.78, 5) is 20.2. The minimum absolute atomic E-state index is 0.0271. The number of imidazole rings is 1. The number of rotatable bonds is 6. The molecule has 1 aliphatic rings. The van der Waals surface area contributed by atoms with E-state index in [-0.39, 0.29) is 17.9 Å². The van der Waals surface area contributed by atoms with Crippen molar-refractivity contribution in [3.8, 4) is 0 Å². The zero-order valence-corrected chi connectivity index (χ0v) is 18.2. The van der Waals surface area contributed by atoms with Crippen molar-refractivity contribution in [3.05, 3.63) is 66.0 Å². The van der Waals surface area contributed by atoms with Crippen molar-refractivity contribution in [1.82, 2.24) is 19.8 Å². The van der Waals surface area contributed by atoms with E-state index in [2.05, 4.69) is 65.9 Å². The number of carbonyl (C=O) groups excluding carboxylic acids is 1. The summed E-state index contributed by atoms with van der Waals surface area (Å²) in [5.74, 6) is 1.28. The Balaban J connectivity index is 1.44. The smallest absolute Gasteiger partial charge is 0.224 e. The first kappa shape index (κ1) is 20.6. The SMILES string of the molecule is CC(C)n1c(CN2CCC[C@H](C(=O)N[C@@H](C)c3ccccc3)C2)nc2ccccc21. The highest BCUT2D eigenvalue weighted by atomic mass is 16.2. The van der Waals surface area contributed by atoms with E-state index in [1.807, 2.05) is 24.3 Å². The van der Waals surface area contributed by atoms with E-state index < -0.39 is 0 Å². The molecule has 0 spiro atoms. The Labute approximate surface area is 179 Å². The summed E-state index contributed by atoms with van der Waals surface area (Å²) in [7, 11) is 0. The lowest BCUT2D eigenvalue weighted by Gasteiger charge is -2.32. The molecule has 158 valence electrons. The zero-order valence-electron chi connectivity index (χ0n) is 18.2. The molecule has 5 nitrogen and oxygen atoms in total. The minimum Gasteiger partial charge on any atom is -0.349 e. The topological polar surface area (TPSA) is 50.2 Å². The average molecular weight is 405 g/mol. The number of aromatic nitrogens is 2. The van der Waals surface area contributed by atoms with Gasteiger partial charge in [0, 0.05) is 12.6 Å². The second-order valence-corrected chi connectivity index (χ2v) is 8.70. The number of likely N-dealkylation sites (tertiary alicyclic amines) is 1. The Kier molecular flexibility index (Phi) is 6.18. The fraction of sp³-hybridized carbons (Fsp3) is 0.440. The van der Waals surface area contributed by atoms with Crippen LogP contribution in [0.4, 0.5) is 0 Å². The summed E-state index contributed by atoms with van der Waals surface area (Å²) in [6.45, 7) is 9.04. The van der Waals surface area contributed by atoms with Gasteiger partial charge in [-0.05, 0) is 57.9 Å². The Morgan fingerprint density at radius 1 is 1.10 bits per heavy atom. The number of amides is 1. The normalized spacial score (nSPS) is 18.6. The first-order valence-electron chi connectivity index (χ1n) is 11.1. The van der Waals surface area contributed by atoms with Crippen molar-refractivity contribution in [2.45, 2.75) is 52.2 Å². The van der Waals surface area contributed by atoms with Gasteiger partial charge in [-0.2, -0.15) is 0 Å². The monoisotopic (exact) mass is 404 g/mol. The molecule has 2 heterocycles. The lowest BCUT2D eigenvalue weighted by Crippen LogP contribution is -2.43. The number of nitrogens with one attached hydrogen (secondary N) is 1. The van der Waals surface area contributed by atoms with Crippen LogP contribution in [0.25, 0.3) is 11.0 Å². The van der Waals surface area contributed by atoms with Gasteiger partial charge in [0.05, 0.1) is 29.5 Å². The van der Waals surface area contributed by atoms with E-state index in [0.29, 0.717) is 6.04 Å². The third-order valence-electron chi connectivity index (χ3n) is 6.08. The molecule has 1 aromatic heterocycles. The molecule has 3 aromatic rings. The van der Waals surface area contributed by atoms with Gasteiger partial charge in [-0.1, -0.05) is 42.5 Å². The van der Waals surface area contributed by atoms with E-state index in [4.69, 9.17) is 4.98 Å². The third-order valence-corrected chi connectivity index (χ3v) is 6.08. The zero-order chi connectivity index (χ0) is 21.1. The molecule has 2 atom stereocenters. The number of nitrogens with zero attached hydrogens (tertiary/aromatic N) is 3. The average Bonchev–Trinajstić information content (AvgIpc) is 3.12. The molecule has 1 saturated heterocycles. The maximum atomic E-state index is 12.9. The van der Waals surface area contributed by atoms with Gasteiger partial charge in [-0.3, -0.25) is 9.69 Å². The fourth-order valence-electron chi connectivity index (χ4n) is 4.55. The molecule has 2 aromatic carbocycles. The maximum Gasteiger partial charge on any atom is 0.224 e. The van der Waals surface area contributed by atoms with Gasteiger partial charge in [0.1, 0.15) is 5.82 Å². The van der Waals surface area contributed by atoms with Crippen LogP contribution < -0.4 is 5.32 Å². The highest BCUT2D eigenvalue weighted by Gasteiger charge is 2.28. The summed E-state index contributed by atoms with van der Waals surface area (Å²) < 4.78 is 2.33. The summed E-state index contributed by atoms with van der Waals surface area (Å²) in [6, 6.07) is 18.9. The molecule has 30 heavy (non-hydrogen) atoms. The third kappa shape index (κ3) is 4.41. The molecule has 0 unspecified atom stereocenters. The number of fused-ring (bicyclic) bond motifs is 1. The molecule has 5 heteroatoms. The number of para-hydroxylation sites is 2. The van der Waals surface area contributed by atoms with Gasteiger partial charge in [0.15, 0.2) is 0 Å². The predicted molar refractivity (Wildman–Crippen MR) is 121 cm³/mol. The Bertz CT molecular complexity index is 995. The van der Waals surface area contributed by atoms with Gasteiger partial charge in [-0.15, -0.1) is 0 Å². The summed E-state index contributed by atoms with van der Waals surface area (Å²) in [6.07, 6.45) is 1.99. The van der Waals surface area contributed by atoms with Crippen molar-refractivity contribution in [3.63, 3.8) is 0 Å². The number of hydrogen-bond donors (Lipinski definition) is 1. The summed E-state index contributed by atoms with van der Waals surface area (Å²) in [5.41, 5.74) is 3.37. The highest BCUT2D eigenvalue weighted by molar-refractivity contribution is 5.79. The Hall–Kier alpha value is -2.66. The van der Waals surface area contributed by atoms with E-state index in [0.717, 1.165) is 49.4 Å². The Morgan fingerprint density at radius 2 is 1.83 bits per heavy atom. The van der Waals surface area contributed by atoms with Crippen LogP contribution in [0.1, 0.15) is 57.1 Å². The molecule has 1 N–H and O–H groups in total. The van der Waals surface area contributed by atoms with Crippen molar-refractivity contribution in [2.75, 3.05) is 13.1 Å². The first-order valence-corrected chi connectivity index (χ1v) is 11.1. The van der Waals surface area contributed by atoms with Crippen molar-refractivity contribution < 1.29 is 4.79 Å². The lowest BCUT2D eigenvalue weighted by molar-refractivity contribution is -0.127. The van der Waals surface area contributed by atoms with Crippen LogP contribution in [0.3, 0.4) is 0 Å². The van der Waals surface area contributed by atoms with Gasteiger partial charge in [0.2, 0.25) is 5.91 Å². The van der Waals surface area contributed by atoms with Crippen LogP contribution >= 0.6 is 0 Å². The van der Waals surface area contributed by atoms with Crippen molar-refractivity contribution in [1.29, 1.82) is 0 Å². The van der Waals surface area contributed by atoms with Crippen LogP contribution in [0.15, 0.2) is 54.6 Å². The Morgan fingerprint density at radius 3 is 2.60 bits per heavy atom. The van der Waals surface area contributed by atoms with Crippen LogP contribution in [0.2, 0.25) is 0 Å². The number of carbonyl (C=O) groups is 1. The number of piperidine rings is 1. The van der Waals surface area contributed by atoms with E-state index >= 15 is 0 Å².